The lowest BCUT2D eigenvalue weighted by molar-refractivity contribution is -0.151. The fourth-order valence-electron chi connectivity index (χ4n) is 8.90. The summed E-state index contributed by atoms with van der Waals surface area (Å²) in [5.41, 5.74) is 0. The van der Waals surface area contributed by atoms with E-state index in [2.05, 4.69) is 62.5 Å². The molecule has 0 saturated carbocycles. The van der Waals surface area contributed by atoms with Crippen molar-refractivity contribution in [2.45, 2.75) is 322 Å². The molecule has 0 aromatic rings. The van der Waals surface area contributed by atoms with E-state index in [1.165, 1.54) is 193 Å². The lowest BCUT2D eigenvalue weighted by Crippen LogP contribution is -2.46. The Morgan fingerprint density at radius 1 is 0.446 bits per heavy atom. The van der Waals surface area contributed by atoms with E-state index < -0.39 is 18.2 Å². The number of amides is 1. The first kappa shape index (κ1) is 63.1. The van der Waals surface area contributed by atoms with Gasteiger partial charge in [0.25, 0.3) is 0 Å². The molecule has 0 fully saturated rings. The topological polar surface area (TPSA) is 95.9 Å². The number of rotatable bonds is 52. The minimum Gasteiger partial charge on any atom is -0.462 e. The highest BCUT2D eigenvalue weighted by Crippen LogP contribution is 2.19. The second kappa shape index (κ2) is 53.0. The maximum absolute atomic E-state index is 13.3. The van der Waals surface area contributed by atoms with Crippen LogP contribution < -0.4 is 5.32 Å². The molecule has 0 spiro atoms. The van der Waals surface area contributed by atoms with Crippen LogP contribution in [0.5, 0.6) is 0 Å². The Balaban J connectivity index is 4.56. The van der Waals surface area contributed by atoms with Gasteiger partial charge in [-0.25, -0.2) is 0 Å². The molecule has 0 rings (SSSR count). The number of hydrogen-bond donors (Lipinski definition) is 3. The van der Waals surface area contributed by atoms with Crippen LogP contribution in [0.4, 0.5) is 0 Å². The van der Waals surface area contributed by atoms with Gasteiger partial charge in [0.2, 0.25) is 5.91 Å². The molecule has 0 aromatic heterocycles. The molecule has 6 nitrogen and oxygen atoms in total. The van der Waals surface area contributed by atoms with Gasteiger partial charge in [-0.15, -0.1) is 0 Å². The van der Waals surface area contributed by atoms with Crippen molar-refractivity contribution < 1.29 is 24.5 Å². The van der Waals surface area contributed by atoms with Crippen molar-refractivity contribution >= 4 is 11.9 Å². The van der Waals surface area contributed by atoms with Crippen LogP contribution in [0.1, 0.15) is 303 Å². The maximum atomic E-state index is 13.3. The summed E-state index contributed by atoms with van der Waals surface area (Å²) in [6, 6.07) is -0.703. The van der Waals surface area contributed by atoms with E-state index in [1.54, 1.807) is 0 Å². The van der Waals surface area contributed by atoms with Gasteiger partial charge in [-0.3, -0.25) is 9.59 Å². The Hall–Kier alpha value is -1.92. The van der Waals surface area contributed by atoms with Gasteiger partial charge in [0.1, 0.15) is 6.10 Å². The molecule has 6 heteroatoms. The molecular weight excluding hydrogens is 803 g/mol. The summed E-state index contributed by atoms with van der Waals surface area (Å²) >= 11 is 0. The predicted octanol–water partition coefficient (Wildman–Crippen LogP) is 17.6. The first-order valence-corrected chi connectivity index (χ1v) is 28.7. The van der Waals surface area contributed by atoms with Crippen LogP contribution in [0, 0.1) is 0 Å². The van der Waals surface area contributed by atoms with Gasteiger partial charge in [0.15, 0.2) is 0 Å². The number of carbonyl (C=O) groups excluding carboxylic acids is 2. The largest absolute Gasteiger partial charge is 0.462 e. The third kappa shape index (κ3) is 48.3. The molecule has 0 bridgehead atoms. The molecule has 3 atom stereocenters. The summed E-state index contributed by atoms with van der Waals surface area (Å²) in [5, 5.41) is 23.9. The van der Waals surface area contributed by atoms with Crippen molar-refractivity contribution in [1.29, 1.82) is 0 Å². The zero-order valence-corrected chi connectivity index (χ0v) is 43.6. The van der Waals surface area contributed by atoms with Gasteiger partial charge in [-0.2, -0.15) is 0 Å². The fourth-order valence-corrected chi connectivity index (χ4v) is 8.90. The van der Waals surface area contributed by atoms with E-state index in [9.17, 15) is 19.8 Å². The van der Waals surface area contributed by atoms with Crippen LogP contribution in [0.2, 0.25) is 0 Å². The number of nitrogens with one attached hydrogen (secondary N) is 1. The van der Waals surface area contributed by atoms with Crippen molar-refractivity contribution in [3.05, 3.63) is 36.5 Å². The zero-order chi connectivity index (χ0) is 47.4. The Morgan fingerprint density at radius 3 is 1.17 bits per heavy atom. The number of aliphatic hydroxyl groups excluding tert-OH is 2. The van der Waals surface area contributed by atoms with Gasteiger partial charge < -0.3 is 20.3 Å². The highest BCUT2D eigenvalue weighted by Gasteiger charge is 2.24. The van der Waals surface area contributed by atoms with Crippen LogP contribution in [-0.4, -0.2) is 46.9 Å². The summed E-state index contributed by atoms with van der Waals surface area (Å²) in [6.45, 7) is 6.50. The molecule has 0 aliphatic rings. The smallest absolute Gasteiger partial charge is 0.306 e. The third-order valence-electron chi connectivity index (χ3n) is 13.3. The quantitative estimate of drug-likeness (QED) is 0.0321. The fraction of sp³-hybridized carbons (Fsp3) is 0.864. The standard InChI is InChI=1S/C59H111NO5/c1-4-7-10-13-16-19-22-25-28-29-30-31-34-37-40-43-46-49-52-59(64)65-55(50-47-44-41-38-35-32-26-23-20-17-14-11-8-5-2)53-58(63)60-56(54-61)57(62)51-48-45-42-39-36-33-27-24-21-18-15-12-9-6-3/h22,25,28-31,55-57,61-62H,4-21,23-24,26-27,32-54H2,1-3H3,(H,60,63)/b25-22+,29-28+,31-30+. The van der Waals surface area contributed by atoms with E-state index in [0.717, 1.165) is 64.2 Å². The number of aliphatic hydroxyl groups is 2. The summed E-state index contributed by atoms with van der Waals surface area (Å²) in [6.07, 6.45) is 63.4. The van der Waals surface area contributed by atoms with E-state index in [4.69, 9.17) is 4.74 Å². The first-order valence-electron chi connectivity index (χ1n) is 28.7. The van der Waals surface area contributed by atoms with E-state index >= 15 is 0 Å². The minimum atomic E-state index is -0.789. The Kier molecular flexibility index (Phi) is 51.5. The van der Waals surface area contributed by atoms with Crippen LogP contribution in [0.3, 0.4) is 0 Å². The molecular formula is C59H111NO5. The lowest BCUT2D eigenvalue weighted by Gasteiger charge is -2.24. The van der Waals surface area contributed by atoms with Gasteiger partial charge >= 0.3 is 5.97 Å². The van der Waals surface area contributed by atoms with Crippen molar-refractivity contribution in [3.63, 3.8) is 0 Å². The summed E-state index contributed by atoms with van der Waals surface area (Å²) in [5.74, 6) is -0.480. The third-order valence-corrected chi connectivity index (χ3v) is 13.3. The SMILES string of the molecule is CCCCCCC/C=C/C=C/C=C/CCCCCCCC(=O)OC(CCCCCCCCCCCCCCCC)CC(=O)NC(CO)C(O)CCCCCCCCCCCCCCCC. The van der Waals surface area contributed by atoms with Crippen LogP contribution >= 0.6 is 0 Å². The molecule has 1 amide bonds. The maximum Gasteiger partial charge on any atom is 0.306 e. The average Bonchev–Trinajstić information content (AvgIpc) is 3.30. The van der Waals surface area contributed by atoms with E-state index in [0.29, 0.717) is 19.3 Å². The highest BCUT2D eigenvalue weighted by atomic mass is 16.5. The van der Waals surface area contributed by atoms with E-state index in [1.807, 2.05) is 0 Å². The molecule has 0 aliphatic carbocycles. The minimum absolute atomic E-state index is 0.0738. The van der Waals surface area contributed by atoms with Gasteiger partial charge in [-0.05, 0) is 51.4 Å². The number of hydrogen-bond acceptors (Lipinski definition) is 5. The van der Waals surface area contributed by atoms with Gasteiger partial charge in [0, 0.05) is 6.42 Å². The second-order valence-corrected chi connectivity index (χ2v) is 19.8. The normalized spacial score (nSPS) is 13.4. The van der Waals surface area contributed by atoms with Crippen LogP contribution in [0.25, 0.3) is 0 Å². The monoisotopic (exact) mass is 914 g/mol. The number of allylic oxidation sites excluding steroid dienone is 6. The molecule has 0 aliphatic heterocycles. The van der Waals surface area contributed by atoms with Gasteiger partial charge in [-0.1, -0.05) is 276 Å². The van der Waals surface area contributed by atoms with Crippen LogP contribution in [0.15, 0.2) is 36.5 Å². The average molecular weight is 915 g/mol. The molecule has 3 N–H and O–H groups in total. The molecule has 0 radical (unpaired) electrons. The number of esters is 1. The number of carbonyl (C=O) groups is 2. The second-order valence-electron chi connectivity index (χ2n) is 19.8. The molecule has 0 heterocycles. The molecule has 3 unspecified atom stereocenters. The molecule has 0 aromatic carbocycles. The molecule has 382 valence electrons. The Morgan fingerprint density at radius 2 is 0.785 bits per heavy atom. The highest BCUT2D eigenvalue weighted by molar-refractivity contribution is 5.77. The van der Waals surface area contributed by atoms with Crippen molar-refractivity contribution in [1.82, 2.24) is 5.32 Å². The van der Waals surface area contributed by atoms with E-state index in [-0.39, 0.29) is 24.9 Å². The summed E-state index contributed by atoms with van der Waals surface area (Å²) < 4.78 is 5.96. The zero-order valence-electron chi connectivity index (χ0n) is 43.6. The Bertz CT molecular complexity index is 1070. The van der Waals surface area contributed by atoms with Crippen LogP contribution in [-0.2, 0) is 14.3 Å². The number of ether oxygens (including phenoxy) is 1. The summed E-state index contributed by atoms with van der Waals surface area (Å²) in [4.78, 5) is 26.3. The first-order chi connectivity index (χ1) is 32.0. The number of unbranched alkanes of at least 4 members (excludes halogenated alkanes) is 36. The summed E-state index contributed by atoms with van der Waals surface area (Å²) in [7, 11) is 0. The molecule has 0 saturated heterocycles. The van der Waals surface area contributed by atoms with Crippen molar-refractivity contribution in [2.24, 2.45) is 0 Å². The molecule has 65 heavy (non-hydrogen) atoms. The van der Waals surface area contributed by atoms with Crippen molar-refractivity contribution in [3.8, 4) is 0 Å². The van der Waals surface area contributed by atoms with Gasteiger partial charge in [0.05, 0.1) is 25.2 Å². The lowest BCUT2D eigenvalue weighted by atomic mass is 10.0. The predicted molar refractivity (Wildman–Crippen MR) is 282 cm³/mol. The van der Waals surface area contributed by atoms with Crippen molar-refractivity contribution in [2.75, 3.05) is 6.61 Å². The Labute approximate surface area is 404 Å².